The van der Waals surface area contributed by atoms with Gasteiger partial charge in [0.05, 0.1) is 12.1 Å². The minimum absolute atomic E-state index is 0.0562. The Morgan fingerprint density at radius 2 is 1.87 bits per heavy atom. The molecule has 5 heteroatoms. The molecule has 122 valence electrons. The Balaban J connectivity index is 1.70. The molecule has 1 aromatic heterocycles. The zero-order chi connectivity index (χ0) is 16.6. The van der Waals surface area contributed by atoms with Crippen molar-refractivity contribution < 1.29 is 18.7 Å². The first-order chi connectivity index (χ1) is 11.0. The van der Waals surface area contributed by atoms with Crippen molar-refractivity contribution in [1.82, 2.24) is 4.90 Å². The normalized spacial score (nSPS) is 16.3. The van der Waals surface area contributed by atoms with Crippen LogP contribution in [0.2, 0.25) is 0 Å². The summed E-state index contributed by atoms with van der Waals surface area (Å²) in [5.41, 5.74) is 1.53. The van der Waals surface area contributed by atoms with Gasteiger partial charge < -0.3 is 18.8 Å². The van der Waals surface area contributed by atoms with Crippen molar-refractivity contribution in [3.8, 4) is 11.5 Å². The smallest absolute Gasteiger partial charge is 0.257 e. The second-order valence-corrected chi connectivity index (χ2v) is 5.90. The second-order valence-electron chi connectivity index (χ2n) is 5.90. The minimum atomic E-state index is -0.188. The number of benzene rings is 1. The molecule has 0 bridgehead atoms. The average Bonchev–Trinajstić information content (AvgIpc) is 2.79. The van der Waals surface area contributed by atoms with Crippen LogP contribution in [0.3, 0.4) is 0 Å². The van der Waals surface area contributed by atoms with Crippen LogP contribution in [-0.2, 0) is 0 Å². The fourth-order valence-corrected chi connectivity index (χ4v) is 2.84. The third-order valence-electron chi connectivity index (χ3n) is 4.17. The number of carbonyl (C=O) groups is 1. The number of fused-ring (bicyclic) bond motifs is 1. The van der Waals surface area contributed by atoms with E-state index in [2.05, 4.69) is 0 Å². The second kappa shape index (κ2) is 5.99. The lowest BCUT2D eigenvalue weighted by atomic mass is 10.1. The maximum atomic E-state index is 12.7. The highest BCUT2D eigenvalue weighted by molar-refractivity contribution is 5.96. The van der Waals surface area contributed by atoms with E-state index < -0.39 is 0 Å². The molecule has 1 amide bonds. The molecule has 5 nitrogen and oxygen atoms in total. The fourth-order valence-electron chi connectivity index (χ4n) is 2.84. The van der Waals surface area contributed by atoms with E-state index in [4.69, 9.17) is 13.9 Å². The standard InChI is InChI=1S/C18H21NO4/c1-11-12(2)22-13(3)17(11)18(20)19(4)9-14-10-21-15-7-5-6-8-16(15)23-14/h5-8,14H,9-10H2,1-4H3/t14-/m1/s1. The van der Waals surface area contributed by atoms with Gasteiger partial charge in [-0.15, -0.1) is 0 Å². The number of rotatable bonds is 3. The van der Waals surface area contributed by atoms with Crippen LogP contribution in [0.5, 0.6) is 11.5 Å². The fraction of sp³-hybridized carbons (Fsp3) is 0.389. The molecule has 0 spiro atoms. The van der Waals surface area contributed by atoms with E-state index in [9.17, 15) is 4.79 Å². The molecule has 0 aliphatic carbocycles. The number of nitrogens with zero attached hydrogens (tertiary/aromatic N) is 1. The number of hydrogen-bond donors (Lipinski definition) is 0. The predicted octanol–water partition coefficient (Wildman–Crippen LogP) is 3.12. The first-order valence-electron chi connectivity index (χ1n) is 7.68. The monoisotopic (exact) mass is 315 g/mol. The molecular weight excluding hydrogens is 294 g/mol. The summed E-state index contributed by atoms with van der Waals surface area (Å²) in [5, 5.41) is 0. The maximum Gasteiger partial charge on any atom is 0.257 e. The lowest BCUT2D eigenvalue weighted by Gasteiger charge is -2.29. The Morgan fingerprint density at radius 1 is 1.17 bits per heavy atom. The number of likely N-dealkylation sites (N-methyl/N-ethyl adjacent to an activating group) is 1. The molecule has 2 heterocycles. The van der Waals surface area contributed by atoms with Gasteiger partial charge in [0.25, 0.3) is 5.91 Å². The van der Waals surface area contributed by atoms with Crippen molar-refractivity contribution in [3.05, 3.63) is 46.9 Å². The minimum Gasteiger partial charge on any atom is -0.486 e. The number of furan rings is 1. The highest BCUT2D eigenvalue weighted by Crippen LogP contribution is 2.31. The van der Waals surface area contributed by atoms with Crippen LogP contribution in [0.25, 0.3) is 0 Å². The summed E-state index contributed by atoms with van der Waals surface area (Å²) in [4.78, 5) is 14.3. The molecule has 23 heavy (non-hydrogen) atoms. The van der Waals surface area contributed by atoms with E-state index in [1.54, 1.807) is 11.9 Å². The molecule has 0 fully saturated rings. The molecule has 2 aromatic rings. The summed E-state index contributed by atoms with van der Waals surface area (Å²) in [5.74, 6) is 2.85. The van der Waals surface area contributed by atoms with Crippen LogP contribution in [0, 0.1) is 20.8 Å². The van der Waals surface area contributed by atoms with Gasteiger partial charge in [0, 0.05) is 12.6 Å². The Bertz CT molecular complexity index is 735. The number of para-hydroxylation sites is 2. The quantitative estimate of drug-likeness (QED) is 0.873. The van der Waals surface area contributed by atoms with Gasteiger partial charge in [-0.05, 0) is 32.9 Å². The number of aryl methyl sites for hydroxylation is 2. The third-order valence-corrected chi connectivity index (χ3v) is 4.17. The van der Waals surface area contributed by atoms with Crippen molar-refractivity contribution >= 4 is 5.91 Å². The van der Waals surface area contributed by atoms with E-state index in [0.717, 1.165) is 22.8 Å². The molecule has 0 radical (unpaired) electrons. The number of carbonyl (C=O) groups excluding carboxylic acids is 1. The van der Waals surface area contributed by atoms with Crippen molar-refractivity contribution in [3.63, 3.8) is 0 Å². The Morgan fingerprint density at radius 3 is 2.52 bits per heavy atom. The summed E-state index contributed by atoms with van der Waals surface area (Å²) in [6.45, 7) is 6.47. The van der Waals surface area contributed by atoms with Gasteiger partial charge in [0.15, 0.2) is 17.6 Å². The average molecular weight is 315 g/mol. The first kappa shape index (κ1) is 15.5. The summed E-state index contributed by atoms with van der Waals surface area (Å²) in [6, 6.07) is 7.56. The van der Waals surface area contributed by atoms with Crippen LogP contribution in [0.15, 0.2) is 28.7 Å². The van der Waals surface area contributed by atoms with Gasteiger partial charge >= 0.3 is 0 Å². The highest BCUT2D eigenvalue weighted by atomic mass is 16.6. The van der Waals surface area contributed by atoms with Crippen molar-refractivity contribution in [1.29, 1.82) is 0 Å². The van der Waals surface area contributed by atoms with E-state index in [1.807, 2.05) is 45.0 Å². The lowest BCUT2D eigenvalue weighted by molar-refractivity contribution is 0.0519. The molecular formula is C18H21NO4. The van der Waals surface area contributed by atoms with Crippen LogP contribution < -0.4 is 9.47 Å². The first-order valence-corrected chi connectivity index (χ1v) is 7.68. The lowest BCUT2D eigenvalue weighted by Crippen LogP contribution is -2.42. The van der Waals surface area contributed by atoms with Crippen molar-refractivity contribution in [2.24, 2.45) is 0 Å². The summed E-state index contributed by atoms with van der Waals surface area (Å²) < 4.78 is 17.2. The highest BCUT2D eigenvalue weighted by Gasteiger charge is 2.27. The van der Waals surface area contributed by atoms with Crippen molar-refractivity contribution in [2.75, 3.05) is 20.2 Å². The van der Waals surface area contributed by atoms with Gasteiger partial charge in [-0.25, -0.2) is 0 Å². The third kappa shape index (κ3) is 2.91. The van der Waals surface area contributed by atoms with Crippen LogP contribution in [-0.4, -0.2) is 37.1 Å². The number of ether oxygens (including phenoxy) is 2. The van der Waals surface area contributed by atoms with E-state index in [1.165, 1.54) is 0 Å². The zero-order valence-electron chi connectivity index (χ0n) is 13.9. The van der Waals surface area contributed by atoms with Gasteiger partial charge in [0.2, 0.25) is 0 Å². The Labute approximate surface area is 135 Å². The van der Waals surface area contributed by atoms with Crippen LogP contribution in [0.1, 0.15) is 27.4 Å². The molecule has 1 atom stereocenters. The predicted molar refractivity (Wildman–Crippen MR) is 86.2 cm³/mol. The van der Waals surface area contributed by atoms with Crippen molar-refractivity contribution in [2.45, 2.75) is 26.9 Å². The zero-order valence-corrected chi connectivity index (χ0v) is 13.9. The summed E-state index contributed by atoms with van der Waals surface area (Å²) >= 11 is 0. The molecule has 0 N–H and O–H groups in total. The molecule has 1 aliphatic heterocycles. The van der Waals surface area contributed by atoms with E-state index in [0.29, 0.717) is 24.5 Å². The van der Waals surface area contributed by atoms with Crippen LogP contribution >= 0.6 is 0 Å². The number of hydrogen-bond acceptors (Lipinski definition) is 4. The molecule has 0 saturated heterocycles. The number of amides is 1. The molecule has 1 aromatic carbocycles. The van der Waals surface area contributed by atoms with Gasteiger partial charge in [0.1, 0.15) is 18.1 Å². The summed E-state index contributed by atoms with van der Waals surface area (Å²) in [6.07, 6.45) is -0.188. The molecule has 1 aliphatic rings. The Hall–Kier alpha value is -2.43. The maximum absolute atomic E-state index is 12.7. The molecule has 0 saturated carbocycles. The Kier molecular flexibility index (Phi) is 4.03. The SMILES string of the molecule is Cc1oc(C)c(C(=O)N(C)C[C@@H]2COc3ccccc3O2)c1C. The van der Waals surface area contributed by atoms with Crippen LogP contribution in [0.4, 0.5) is 0 Å². The largest absolute Gasteiger partial charge is 0.486 e. The van der Waals surface area contributed by atoms with Gasteiger partial charge in [-0.1, -0.05) is 12.1 Å². The van der Waals surface area contributed by atoms with E-state index in [-0.39, 0.29) is 12.0 Å². The molecule has 0 unspecified atom stereocenters. The van der Waals surface area contributed by atoms with Gasteiger partial charge in [-0.3, -0.25) is 4.79 Å². The van der Waals surface area contributed by atoms with E-state index >= 15 is 0 Å². The molecule has 3 rings (SSSR count). The summed E-state index contributed by atoms with van der Waals surface area (Å²) in [7, 11) is 1.77. The van der Waals surface area contributed by atoms with Gasteiger partial charge in [-0.2, -0.15) is 0 Å². The topological polar surface area (TPSA) is 51.9 Å².